The Kier molecular flexibility index (Phi) is 6.08. The van der Waals surface area contributed by atoms with Gasteiger partial charge in [-0.3, -0.25) is 14.5 Å². The first-order chi connectivity index (χ1) is 15.3. The molecule has 2 aromatic rings. The molecule has 1 saturated heterocycles. The van der Waals surface area contributed by atoms with Crippen LogP contribution in [0.1, 0.15) is 11.6 Å². The lowest BCUT2D eigenvalue weighted by Gasteiger charge is -2.49. The van der Waals surface area contributed by atoms with Gasteiger partial charge in [0.15, 0.2) is 0 Å². The van der Waals surface area contributed by atoms with Crippen molar-refractivity contribution in [1.29, 1.82) is 0 Å². The maximum absolute atomic E-state index is 12.8. The lowest BCUT2D eigenvalue weighted by Crippen LogP contribution is -2.71. The molecule has 0 spiro atoms. The predicted molar refractivity (Wildman–Crippen MR) is 114 cm³/mol. The van der Waals surface area contributed by atoms with E-state index in [9.17, 15) is 24.6 Å². The highest BCUT2D eigenvalue weighted by molar-refractivity contribution is 8.01. The van der Waals surface area contributed by atoms with Gasteiger partial charge in [0.1, 0.15) is 28.9 Å². The second-order valence-corrected chi connectivity index (χ2v) is 9.14. The van der Waals surface area contributed by atoms with Crippen molar-refractivity contribution in [3.8, 4) is 5.75 Å². The summed E-state index contributed by atoms with van der Waals surface area (Å²) in [6.07, 6.45) is 0. The Hall–Kier alpha value is -3.10. The summed E-state index contributed by atoms with van der Waals surface area (Å²) < 4.78 is 1.47. The fourth-order valence-electron chi connectivity index (χ4n) is 3.37. The maximum Gasteiger partial charge on any atom is 0.352 e. The summed E-state index contributed by atoms with van der Waals surface area (Å²) in [7, 11) is 1.68. The van der Waals surface area contributed by atoms with Crippen LogP contribution in [0, 0.1) is 0 Å². The van der Waals surface area contributed by atoms with E-state index in [1.54, 1.807) is 7.05 Å². The average molecular weight is 478 g/mol. The number of benzene rings is 1. The molecule has 0 radical (unpaired) electrons. The largest absolute Gasteiger partial charge is 0.508 e. The van der Waals surface area contributed by atoms with E-state index >= 15 is 0 Å². The third-order valence-electron chi connectivity index (χ3n) is 5.04. The molecule has 4 rings (SSSR count). The highest BCUT2D eigenvalue weighted by Gasteiger charge is 2.54. The Labute approximate surface area is 190 Å². The number of nitrogens with two attached hydrogens (primary N) is 1. The monoisotopic (exact) mass is 477 g/mol. The molecule has 0 bridgehead atoms. The molecule has 2 aliphatic heterocycles. The Morgan fingerprint density at radius 1 is 1.38 bits per heavy atom. The van der Waals surface area contributed by atoms with Gasteiger partial charge in [-0.25, -0.2) is 9.48 Å². The van der Waals surface area contributed by atoms with Crippen molar-refractivity contribution in [3.05, 3.63) is 41.1 Å². The number of carboxylic acid groups (broad SMARTS) is 1. The molecule has 3 atom stereocenters. The number of carbonyl (C=O) groups is 3. The number of aliphatic carboxylic acids is 1. The van der Waals surface area contributed by atoms with E-state index in [4.69, 9.17) is 5.73 Å². The number of fused-ring (bicyclic) bond motifs is 1. The van der Waals surface area contributed by atoms with Gasteiger partial charge in [0.05, 0.1) is 0 Å². The number of nitrogens with zero attached hydrogens (tertiary/aromatic N) is 5. The molecule has 5 N–H and O–H groups in total. The number of phenols is 1. The van der Waals surface area contributed by atoms with Gasteiger partial charge in [-0.2, -0.15) is 0 Å². The first-order valence-electron chi connectivity index (χ1n) is 9.38. The summed E-state index contributed by atoms with van der Waals surface area (Å²) in [6, 6.07) is 3.96. The molecule has 1 aromatic carbocycles. The number of phenolic OH excluding ortho intramolecular Hbond substituents is 1. The van der Waals surface area contributed by atoms with Gasteiger partial charge in [0.25, 0.3) is 5.91 Å². The van der Waals surface area contributed by atoms with Crippen LogP contribution in [0.15, 0.2) is 40.7 Å². The first kappa shape index (κ1) is 22.1. The van der Waals surface area contributed by atoms with Crippen LogP contribution in [0.5, 0.6) is 5.75 Å². The van der Waals surface area contributed by atoms with Crippen LogP contribution in [-0.2, 0) is 21.4 Å². The van der Waals surface area contributed by atoms with Crippen molar-refractivity contribution in [3.63, 3.8) is 0 Å². The number of tetrazole rings is 1. The number of β-lactam (4-membered cyclic amide) rings is 1. The molecule has 1 aromatic heterocycles. The second-order valence-electron chi connectivity index (χ2n) is 7.10. The molecule has 12 nitrogen and oxygen atoms in total. The maximum atomic E-state index is 12.8. The minimum Gasteiger partial charge on any atom is -0.508 e. The number of aryl methyl sites for hydroxylation is 1. The zero-order valence-corrected chi connectivity index (χ0v) is 18.3. The molecule has 168 valence electrons. The number of nitrogens with one attached hydrogen (secondary N) is 1. The second kappa shape index (κ2) is 8.80. The molecule has 14 heteroatoms. The normalized spacial score (nSPS) is 21.1. The van der Waals surface area contributed by atoms with E-state index in [0.29, 0.717) is 27.8 Å². The molecule has 3 heterocycles. The molecule has 2 amide bonds. The summed E-state index contributed by atoms with van der Waals surface area (Å²) in [5, 5.41) is 32.9. The average Bonchev–Trinajstić information content (AvgIpc) is 3.19. The fraction of sp³-hybridized carbons (Fsp3) is 0.333. The Bertz CT molecular complexity index is 1100. The van der Waals surface area contributed by atoms with Crippen LogP contribution in [0.2, 0.25) is 0 Å². The van der Waals surface area contributed by atoms with Gasteiger partial charge in [0, 0.05) is 18.6 Å². The molecular formula is C18H19N7O5S2. The Morgan fingerprint density at radius 2 is 2.09 bits per heavy atom. The van der Waals surface area contributed by atoms with Crippen LogP contribution in [-0.4, -0.2) is 76.0 Å². The summed E-state index contributed by atoms with van der Waals surface area (Å²) in [5.41, 5.74) is 6.95. The SMILES string of the molecule is Cn1nnnc1SCC1=C(C(=O)O)N2C(=O)[C@@H](NC(=O)[C@H](N)c3ccc(O)cc3)[C@H]2SC1. The van der Waals surface area contributed by atoms with Gasteiger partial charge in [0.2, 0.25) is 11.1 Å². The number of carboxylic acids is 1. The minimum atomic E-state index is -1.21. The molecule has 32 heavy (non-hydrogen) atoms. The summed E-state index contributed by atoms with van der Waals surface area (Å²) in [5.74, 6) is -1.55. The Balaban J connectivity index is 1.45. The van der Waals surface area contributed by atoms with Gasteiger partial charge >= 0.3 is 5.97 Å². The summed E-state index contributed by atoms with van der Waals surface area (Å²) >= 11 is 2.64. The van der Waals surface area contributed by atoms with E-state index in [1.165, 1.54) is 57.4 Å². The molecule has 0 aliphatic carbocycles. The van der Waals surface area contributed by atoms with E-state index in [2.05, 4.69) is 20.8 Å². The highest BCUT2D eigenvalue weighted by atomic mass is 32.2. The predicted octanol–water partition coefficient (Wildman–Crippen LogP) is -0.554. The number of thioether (sulfide) groups is 2. The number of hydrogen-bond donors (Lipinski definition) is 4. The van der Waals surface area contributed by atoms with Gasteiger partial charge in [-0.05, 0) is 33.7 Å². The van der Waals surface area contributed by atoms with Crippen LogP contribution in [0.25, 0.3) is 0 Å². The third-order valence-corrected chi connectivity index (χ3v) is 7.48. The third kappa shape index (κ3) is 4.03. The van der Waals surface area contributed by atoms with Crippen molar-refractivity contribution in [2.45, 2.75) is 22.6 Å². The summed E-state index contributed by atoms with van der Waals surface area (Å²) in [4.78, 5) is 38.5. The standard InChI is InChI=1S/C18H19N7O5S2/c1-24-18(21-22-23-24)32-7-9-6-31-16-12(15(28)25(16)13(9)17(29)30)20-14(27)11(19)8-2-4-10(26)5-3-8/h2-5,11-12,16,26H,6-7,19H2,1H3,(H,20,27)(H,29,30)/t11-,12-,16-/m1/s1. The lowest BCUT2D eigenvalue weighted by atomic mass is 10.0. The smallest absolute Gasteiger partial charge is 0.352 e. The zero-order valence-electron chi connectivity index (χ0n) is 16.7. The number of hydrogen-bond acceptors (Lipinski definition) is 10. The number of aromatic nitrogens is 4. The van der Waals surface area contributed by atoms with Gasteiger partial charge < -0.3 is 21.3 Å². The van der Waals surface area contributed by atoms with Crippen molar-refractivity contribution >= 4 is 41.3 Å². The van der Waals surface area contributed by atoms with Crippen LogP contribution >= 0.6 is 23.5 Å². The number of amides is 2. The van der Waals surface area contributed by atoms with Crippen molar-refractivity contribution in [2.75, 3.05) is 11.5 Å². The highest BCUT2D eigenvalue weighted by Crippen LogP contribution is 2.41. The van der Waals surface area contributed by atoms with E-state index in [-0.39, 0.29) is 11.4 Å². The first-order valence-corrected chi connectivity index (χ1v) is 11.4. The lowest BCUT2D eigenvalue weighted by molar-refractivity contribution is -0.150. The quantitative estimate of drug-likeness (QED) is 0.297. The van der Waals surface area contributed by atoms with Crippen molar-refractivity contribution in [2.24, 2.45) is 12.8 Å². The van der Waals surface area contributed by atoms with E-state index in [0.717, 1.165) is 0 Å². The number of carbonyl (C=O) groups excluding carboxylic acids is 2. The molecule has 1 fully saturated rings. The van der Waals surface area contributed by atoms with Crippen LogP contribution < -0.4 is 11.1 Å². The fourth-order valence-corrected chi connectivity index (χ4v) is 5.70. The zero-order chi connectivity index (χ0) is 23.0. The van der Waals surface area contributed by atoms with E-state index in [1.807, 2.05) is 0 Å². The van der Waals surface area contributed by atoms with Crippen molar-refractivity contribution in [1.82, 2.24) is 30.4 Å². The van der Waals surface area contributed by atoms with Crippen molar-refractivity contribution < 1.29 is 24.6 Å². The van der Waals surface area contributed by atoms with Crippen LogP contribution in [0.3, 0.4) is 0 Å². The molecule has 0 unspecified atom stereocenters. The summed E-state index contributed by atoms with van der Waals surface area (Å²) in [6.45, 7) is 0. The number of rotatable bonds is 7. The molecule has 2 aliphatic rings. The topological polar surface area (TPSA) is 177 Å². The Morgan fingerprint density at radius 3 is 2.72 bits per heavy atom. The molecular weight excluding hydrogens is 458 g/mol. The molecule has 0 saturated carbocycles. The minimum absolute atomic E-state index is 0.0437. The van der Waals surface area contributed by atoms with Gasteiger partial charge in [-0.1, -0.05) is 23.9 Å². The van der Waals surface area contributed by atoms with Gasteiger partial charge in [-0.15, -0.1) is 16.9 Å². The van der Waals surface area contributed by atoms with E-state index < -0.39 is 35.2 Å². The van der Waals surface area contributed by atoms with Crippen LogP contribution in [0.4, 0.5) is 0 Å². The number of aromatic hydroxyl groups is 1.